The number of rotatable bonds is 3. The van der Waals surface area contributed by atoms with Crippen molar-refractivity contribution in [1.82, 2.24) is 9.78 Å². The van der Waals surface area contributed by atoms with Gasteiger partial charge in [-0.3, -0.25) is 4.68 Å². The largest absolute Gasteiger partial charge is 0.383 e. The summed E-state index contributed by atoms with van der Waals surface area (Å²) in [7, 11) is 1.90. The predicted octanol–water partition coefficient (Wildman–Crippen LogP) is 4.27. The van der Waals surface area contributed by atoms with Crippen LogP contribution in [0.3, 0.4) is 0 Å². The molecule has 0 amide bonds. The summed E-state index contributed by atoms with van der Waals surface area (Å²) in [4.78, 5) is 1.22. The van der Waals surface area contributed by atoms with Gasteiger partial charge in [0.25, 0.3) is 0 Å². The number of benzene rings is 1. The zero-order valence-electron chi connectivity index (χ0n) is 12.6. The Bertz CT molecular complexity index is 783. The summed E-state index contributed by atoms with van der Waals surface area (Å²) < 4.78 is 1.77. The van der Waals surface area contributed by atoms with Crippen LogP contribution in [0.5, 0.6) is 0 Å². The van der Waals surface area contributed by atoms with Crippen LogP contribution in [0.4, 0.5) is 5.82 Å². The maximum absolute atomic E-state index is 6.29. The van der Waals surface area contributed by atoms with Crippen molar-refractivity contribution in [2.45, 2.75) is 20.3 Å². The van der Waals surface area contributed by atoms with Crippen molar-refractivity contribution in [2.75, 3.05) is 5.73 Å². The molecule has 0 unspecified atom stereocenters. The van der Waals surface area contributed by atoms with E-state index < -0.39 is 0 Å². The predicted molar refractivity (Wildman–Crippen MR) is 90.5 cm³/mol. The van der Waals surface area contributed by atoms with Gasteiger partial charge in [-0.15, -0.1) is 11.3 Å². The van der Waals surface area contributed by atoms with Gasteiger partial charge in [0.15, 0.2) is 0 Å². The molecule has 21 heavy (non-hydrogen) atoms. The van der Waals surface area contributed by atoms with E-state index in [1.807, 2.05) is 7.05 Å². The van der Waals surface area contributed by atoms with Crippen LogP contribution >= 0.6 is 11.3 Å². The summed E-state index contributed by atoms with van der Waals surface area (Å²) in [6, 6.07) is 10.6. The number of nitrogen functional groups attached to an aromatic ring is 1. The minimum absolute atomic E-state index is 0.714. The van der Waals surface area contributed by atoms with E-state index in [0.29, 0.717) is 5.82 Å². The molecule has 1 aromatic carbocycles. The van der Waals surface area contributed by atoms with Crippen LogP contribution in [0.15, 0.2) is 35.7 Å². The van der Waals surface area contributed by atoms with Gasteiger partial charge in [0.05, 0.1) is 10.4 Å². The second-order valence-corrected chi connectivity index (χ2v) is 6.15. The molecule has 108 valence electrons. The van der Waals surface area contributed by atoms with Gasteiger partial charge >= 0.3 is 0 Å². The summed E-state index contributed by atoms with van der Waals surface area (Å²) in [5.41, 5.74) is 12.0. The van der Waals surface area contributed by atoms with E-state index in [1.54, 1.807) is 16.0 Å². The third kappa shape index (κ3) is 2.36. The van der Waals surface area contributed by atoms with Crippen LogP contribution in [0.25, 0.3) is 21.7 Å². The van der Waals surface area contributed by atoms with Crippen LogP contribution < -0.4 is 5.73 Å². The topological polar surface area (TPSA) is 43.8 Å². The molecule has 3 nitrogen and oxygen atoms in total. The van der Waals surface area contributed by atoms with Crippen molar-refractivity contribution in [2.24, 2.45) is 7.05 Å². The minimum Gasteiger partial charge on any atom is -0.383 e. The molecular weight excluding hydrogens is 278 g/mol. The number of thiophene rings is 1. The average molecular weight is 297 g/mol. The Morgan fingerprint density at radius 1 is 1.29 bits per heavy atom. The molecule has 0 fully saturated rings. The number of nitrogens with zero attached hydrogens (tertiary/aromatic N) is 2. The van der Waals surface area contributed by atoms with Gasteiger partial charge in [-0.1, -0.05) is 36.8 Å². The second-order valence-electron chi connectivity index (χ2n) is 5.23. The fourth-order valence-corrected chi connectivity index (χ4v) is 3.59. The lowest BCUT2D eigenvalue weighted by Crippen LogP contribution is -1.98. The van der Waals surface area contributed by atoms with Crippen LogP contribution in [-0.2, 0) is 13.5 Å². The maximum Gasteiger partial charge on any atom is 0.129 e. The van der Waals surface area contributed by atoms with Crippen molar-refractivity contribution >= 4 is 17.2 Å². The number of anilines is 1. The maximum atomic E-state index is 6.29. The van der Waals surface area contributed by atoms with Crippen molar-refractivity contribution < 1.29 is 0 Å². The molecule has 2 N–H and O–H groups in total. The highest BCUT2D eigenvalue weighted by molar-refractivity contribution is 7.13. The Morgan fingerprint density at radius 2 is 2.10 bits per heavy atom. The molecule has 2 aromatic heterocycles. The lowest BCUT2D eigenvalue weighted by molar-refractivity contribution is 0.782. The van der Waals surface area contributed by atoms with Crippen LogP contribution in [-0.4, -0.2) is 9.78 Å². The van der Waals surface area contributed by atoms with Crippen LogP contribution in [0.2, 0.25) is 0 Å². The molecule has 0 atom stereocenters. The first-order valence-electron chi connectivity index (χ1n) is 7.08. The highest BCUT2D eigenvalue weighted by Gasteiger charge is 2.20. The second kappa shape index (κ2) is 5.37. The standard InChI is InChI=1S/C17H19N3S/c1-4-12-8-9-21-16(12)15-14(17(18)20(3)19-15)13-7-5-6-11(2)10-13/h5-10H,4,18H2,1-3H3. The first-order valence-corrected chi connectivity index (χ1v) is 7.96. The van der Waals surface area contributed by atoms with Crippen molar-refractivity contribution in [3.05, 3.63) is 46.8 Å². The Kier molecular flexibility index (Phi) is 3.55. The molecule has 0 aliphatic heterocycles. The third-order valence-electron chi connectivity index (χ3n) is 3.74. The van der Waals surface area contributed by atoms with E-state index in [4.69, 9.17) is 5.73 Å². The van der Waals surface area contributed by atoms with Gasteiger partial charge in [-0.05, 0) is 35.9 Å². The van der Waals surface area contributed by atoms with Gasteiger partial charge in [-0.25, -0.2) is 0 Å². The van der Waals surface area contributed by atoms with E-state index in [2.05, 4.69) is 54.7 Å². The highest BCUT2D eigenvalue weighted by Crippen LogP contribution is 2.40. The summed E-state index contributed by atoms with van der Waals surface area (Å²) in [6.45, 7) is 4.27. The van der Waals surface area contributed by atoms with Gasteiger partial charge < -0.3 is 5.73 Å². The van der Waals surface area contributed by atoms with E-state index in [9.17, 15) is 0 Å². The Morgan fingerprint density at radius 3 is 2.81 bits per heavy atom. The molecule has 0 saturated heterocycles. The number of hydrogen-bond acceptors (Lipinski definition) is 3. The van der Waals surface area contributed by atoms with Crippen LogP contribution in [0.1, 0.15) is 18.1 Å². The SMILES string of the molecule is CCc1ccsc1-c1nn(C)c(N)c1-c1cccc(C)c1. The van der Waals surface area contributed by atoms with Gasteiger partial charge in [-0.2, -0.15) is 5.10 Å². The lowest BCUT2D eigenvalue weighted by Gasteiger charge is -2.05. The quantitative estimate of drug-likeness (QED) is 0.784. The van der Waals surface area contributed by atoms with E-state index in [0.717, 1.165) is 23.2 Å². The Balaban J connectivity index is 2.26. The van der Waals surface area contributed by atoms with Crippen LogP contribution in [0, 0.1) is 6.92 Å². The number of aromatic nitrogens is 2. The molecule has 0 aliphatic carbocycles. The fourth-order valence-electron chi connectivity index (χ4n) is 2.60. The number of nitrogens with two attached hydrogens (primary N) is 1. The molecular formula is C17H19N3S. The number of hydrogen-bond donors (Lipinski definition) is 1. The molecule has 2 heterocycles. The molecule has 0 saturated carbocycles. The minimum atomic E-state index is 0.714. The molecule has 3 aromatic rings. The van der Waals surface area contributed by atoms with E-state index in [-0.39, 0.29) is 0 Å². The average Bonchev–Trinajstić information content (AvgIpc) is 3.04. The van der Waals surface area contributed by atoms with Crippen molar-refractivity contribution in [1.29, 1.82) is 0 Å². The van der Waals surface area contributed by atoms with Gasteiger partial charge in [0.2, 0.25) is 0 Å². The first-order chi connectivity index (χ1) is 10.1. The highest BCUT2D eigenvalue weighted by atomic mass is 32.1. The molecule has 0 spiro atoms. The van der Waals surface area contributed by atoms with E-state index >= 15 is 0 Å². The zero-order valence-corrected chi connectivity index (χ0v) is 13.4. The number of aryl methyl sites for hydroxylation is 3. The molecule has 0 radical (unpaired) electrons. The third-order valence-corrected chi connectivity index (χ3v) is 4.70. The molecule has 3 rings (SSSR count). The first kappa shape index (κ1) is 13.9. The fraction of sp³-hybridized carbons (Fsp3) is 0.235. The molecule has 0 bridgehead atoms. The smallest absolute Gasteiger partial charge is 0.129 e. The van der Waals surface area contributed by atoms with Gasteiger partial charge in [0.1, 0.15) is 11.5 Å². The molecule has 0 aliphatic rings. The summed E-state index contributed by atoms with van der Waals surface area (Å²) in [5.74, 6) is 0.714. The lowest BCUT2D eigenvalue weighted by atomic mass is 10.0. The van der Waals surface area contributed by atoms with Gasteiger partial charge in [0, 0.05) is 7.05 Å². The summed E-state index contributed by atoms with van der Waals surface area (Å²) in [6.07, 6.45) is 1.00. The Labute approximate surface area is 129 Å². The Hall–Kier alpha value is -2.07. The van der Waals surface area contributed by atoms with Crippen molar-refractivity contribution in [3.63, 3.8) is 0 Å². The zero-order chi connectivity index (χ0) is 15.0. The normalized spacial score (nSPS) is 11.0. The van der Waals surface area contributed by atoms with Crippen molar-refractivity contribution in [3.8, 4) is 21.7 Å². The monoisotopic (exact) mass is 297 g/mol. The van der Waals surface area contributed by atoms with E-state index in [1.165, 1.54) is 16.0 Å². The summed E-state index contributed by atoms with van der Waals surface area (Å²) in [5, 5.41) is 6.79. The molecule has 4 heteroatoms. The summed E-state index contributed by atoms with van der Waals surface area (Å²) >= 11 is 1.73.